The van der Waals surface area contributed by atoms with Crippen molar-refractivity contribution in [2.45, 2.75) is 0 Å². The molecule has 0 saturated carbocycles. The van der Waals surface area contributed by atoms with E-state index in [1.165, 1.54) is 19.2 Å². The second-order valence-corrected chi connectivity index (χ2v) is 3.92. The molecule has 0 radical (unpaired) electrons. The van der Waals surface area contributed by atoms with Crippen LogP contribution < -0.4 is 10.5 Å². The molecule has 94 valence electrons. The topological polar surface area (TPSA) is 73.9 Å². The normalized spacial score (nSPS) is 10.4. The first kappa shape index (κ1) is 12.8. The smallest absolute Gasteiger partial charge is 0.227 e. The van der Waals surface area contributed by atoms with Crippen LogP contribution in [0.5, 0.6) is 5.75 Å². The molecule has 8 heteroatoms. The zero-order valence-corrected chi connectivity index (χ0v) is 10.6. The van der Waals surface area contributed by atoms with Gasteiger partial charge in [0.15, 0.2) is 17.4 Å². The van der Waals surface area contributed by atoms with E-state index in [1.807, 2.05) is 0 Å². The van der Waals surface area contributed by atoms with Crippen molar-refractivity contribution in [2.24, 2.45) is 0 Å². The van der Waals surface area contributed by atoms with E-state index in [4.69, 9.17) is 33.7 Å². The van der Waals surface area contributed by atoms with Gasteiger partial charge in [-0.05, 0) is 35.3 Å². The van der Waals surface area contributed by atoms with Gasteiger partial charge >= 0.3 is 0 Å². The van der Waals surface area contributed by atoms with Crippen LogP contribution in [0.2, 0.25) is 10.6 Å². The highest BCUT2D eigenvalue weighted by molar-refractivity contribution is 6.31. The number of hydrogen-bond donors (Lipinski definition) is 1. The van der Waals surface area contributed by atoms with Gasteiger partial charge in [-0.15, -0.1) is 0 Å². The maximum Gasteiger partial charge on any atom is 0.227 e. The highest BCUT2D eigenvalue weighted by Gasteiger charge is 2.18. The number of nitrogen functional groups attached to an aromatic ring is 1. The van der Waals surface area contributed by atoms with E-state index in [-0.39, 0.29) is 33.4 Å². The quantitative estimate of drug-likeness (QED) is 0.860. The van der Waals surface area contributed by atoms with E-state index < -0.39 is 5.82 Å². The molecule has 0 saturated heterocycles. The molecule has 2 rings (SSSR count). The highest BCUT2D eigenvalue weighted by Crippen LogP contribution is 2.32. The van der Waals surface area contributed by atoms with Gasteiger partial charge in [0.2, 0.25) is 10.6 Å². The van der Waals surface area contributed by atoms with Gasteiger partial charge < -0.3 is 10.5 Å². The number of ether oxygens (including phenoxy) is 1. The predicted molar refractivity (Wildman–Crippen MR) is 66.2 cm³/mol. The first-order valence-electron chi connectivity index (χ1n) is 4.72. The summed E-state index contributed by atoms with van der Waals surface area (Å²) in [6.07, 6.45) is 0. The van der Waals surface area contributed by atoms with Crippen LogP contribution in [0.25, 0.3) is 11.4 Å². The molecular formula is C10H7Cl2FN4O. The Bertz CT molecular complexity index is 588. The zero-order valence-electron chi connectivity index (χ0n) is 9.12. The third kappa shape index (κ3) is 2.30. The Morgan fingerprint density at radius 1 is 1.17 bits per heavy atom. The van der Waals surface area contributed by atoms with Crippen LogP contribution in [0.4, 0.5) is 10.1 Å². The molecule has 0 aliphatic carbocycles. The maximum atomic E-state index is 14.1. The summed E-state index contributed by atoms with van der Waals surface area (Å²) < 4.78 is 18.9. The molecule has 2 N–H and O–H groups in total. The number of aromatic nitrogens is 3. The molecule has 0 fully saturated rings. The summed E-state index contributed by atoms with van der Waals surface area (Å²) in [6.45, 7) is 0. The largest absolute Gasteiger partial charge is 0.494 e. The molecule has 0 bridgehead atoms. The summed E-state index contributed by atoms with van der Waals surface area (Å²) in [6, 6.07) is 2.88. The minimum absolute atomic E-state index is 0.0202. The summed E-state index contributed by atoms with van der Waals surface area (Å²) in [5.41, 5.74) is 5.81. The van der Waals surface area contributed by atoms with E-state index in [9.17, 15) is 4.39 Å². The molecule has 1 aromatic carbocycles. The van der Waals surface area contributed by atoms with E-state index in [0.29, 0.717) is 0 Å². The van der Waals surface area contributed by atoms with Crippen LogP contribution in [0, 0.1) is 5.82 Å². The van der Waals surface area contributed by atoms with Gasteiger partial charge in [-0.1, -0.05) is 0 Å². The van der Waals surface area contributed by atoms with Crippen molar-refractivity contribution in [3.63, 3.8) is 0 Å². The molecule has 0 spiro atoms. The third-order valence-electron chi connectivity index (χ3n) is 2.16. The molecule has 0 unspecified atom stereocenters. The van der Waals surface area contributed by atoms with Crippen LogP contribution in [0.3, 0.4) is 0 Å². The lowest BCUT2D eigenvalue weighted by Crippen LogP contribution is -2.01. The number of methoxy groups -OCH3 is 1. The molecule has 0 aliphatic rings. The Labute approximate surface area is 112 Å². The van der Waals surface area contributed by atoms with Gasteiger partial charge in [-0.25, -0.2) is 4.39 Å². The summed E-state index contributed by atoms with van der Waals surface area (Å²) in [7, 11) is 1.34. The Balaban J connectivity index is 2.69. The summed E-state index contributed by atoms with van der Waals surface area (Å²) in [5, 5.41) is -0.293. The van der Waals surface area contributed by atoms with Gasteiger partial charge in [0.25, 0.3) is 0 Å². The van der Waals surface area contributed by atoms with E-state index in [2.05, 4.69) is 15.0 Å². The number of anilines is 1. The second kappa shape index (κ2) is 4.91. The molecule has 1 aromatic heterocycles. The molecule has 5 nitrogen and oxygen atoms in total. The number of hydrogen-bond acceptors (Lipinski definition) is 5. The van der Waals surface area contributed by atoms with Crippen molar-refractivity contribution in [1.29, 1.82) is 0 Å². The molecular weight excluding hydrogens is 282 g/mol. The summed E-state index contributed by atoms with van der Waals surface area (Å²) in [5.74, 6) is -0.711. The number of rotatable bonds is 2. The molecule has 18 heavy (non-hydrogen) atoms. The number of halogens is 3. The van der Waals surface area contributed by atoms with Crippen molar-refractivity contribution >= 4 is 28.9 Å². The van der Waals surface area contributed by atoms with Crippen LogP contribution in [-0.2, 0) is 0 Å². The summed E-state index contributed by atoms with van der Waals surface area (Å²) in [4.78, 5) is 11.1. The van der Waals surface area contributed by atoms with Crippen LogP contribution >= 0.6 is 23.2 Å². The Morgan fingerprint density at radius 2 is 1.78 bits per heavy atom. The van der Waals surface area contributed by atoms with Gasteiger partial charge in [-0.2, -0.15) is 15.0 Å². The van der Waals surface area contributed by atoms with Crippen LogP contribution in [0.15, 0.2) is 12.1 Å². The first-order chi connectivity index (χ1) is 8.52. The lowest BCUT2D eigenvalue weighted by Gasteiger charge is -2.09. The fourth-order valence-corrected chi connectivity index (χ4v) is 1.76. The molecule has 0 amide bonds. The number of nitrogens with two attached hydrogens (primary N) is 1. The lowest BCUT2D eigenvalue weighted by molar-refractivity contribution is 0.387. The average molecular weight is 289 g/mol. The highest BCUT2D eigenvalue weighted by atomic mass is 35.5. The summed E-state index contributed by atoms with van der Waals surface area (Å²) >= 11 is 11.3. The standard InChI is InChI=1S/C10H7Cl2FN4O/c1-18-5-3-2-4(14)6(7(5)13)8-15-9(11)17-10(12)16-8/h2-3H,14H2,1H3. The van der Waals surface area contributed by atoms with E-state index in [1.54, 1.807) is 0 Å². The number of benzene rings is 1. The Hall–Kier alpha value is -1.66. The molecule has 0 atom stereocenters. The third-order valence-corrected chi connectivity index (χ3v) is 2.50. The van der Waals surface area contributed by atoms with Crippen LogP contribution in [-0.4, -0.2) is 22.1 Å². The maximum absolute atomic E-state index is 14.1. The molecule has 1 heterocycles. The van der Waals surface area contributed by atoms with Gasteiger partial charge in [0.05, 0.1) is 12.7 Å². The average Bonchev–Trinajstić information content (AvgIpc) is 2.28. The van der Waals surface area contributed by atoms with Crippen molar-refractivity contribution in [3.8, 4) is 17.1 Å². The van der Waals surface area contributed by atoms with Gasteiger partial charge in [-0.3, -0.25) is 0 Å². The van der Waals surface area contributed by atoms with Crippen molar-refractivity contribution < 1.29 is 9.13 Å². The monoisotopic (exact) mass is 288 g/mol. The van der Waals surface area contributed by atoms with E-state index >= 15 is 0 Å². The zero-order chi connectivity index (χ0) is 13.3. The van der Waals surface area contributed by atoms with E-state index in [0.717, 1.165) is 0 Å². The van der Waals surface area contributed by atoms with Gasteiger partial charge in [0, 0.05) is 5.69 Å². The number of nitrogens with zero attached hydrogens (tertiary/aromatic N) is 3. The molecule has 0 aliphatic heterocycles. The fourth-order valence-electron chi connectivity index (χ4n) is 1.39. The minimum Gasteiger partial charge on any atom is -0.494 e. The predicted octanol–water partition coefficient (Wildman–Crippen LogP) is 2.58. The second-order valence-electron chi connectivity index (χ2n) is 3.24. The van der Waals surface area contributed by atoms with Crippen LogP contribution in [0.1, 0.15) is 0 Å². The minimum atomic E-state index is -0.684. The lowest BCUT2D eigenvalue weighted by atomic mass is 10.1. The van der Waals surface area contributed by atoms with Crippen molar-refractivity contribution in [1.82, 2.24) is 15.0 Å². The SMILES string of the molecule is COc1ccc(N)c(-c2nc(Cl)nc(Cl)n2)c1F. The van der Waals surface area contributed by atoms with Crippen molar-refractivity contribution in [2.75, 3.05) is 12.8 Å². The van der Waals surface area contributed by atoms with Crippen molar-refractivity contribution in [3.05, 3.63) is 28.5 Å². The molecule has 2 aromatic rings. The fraction of sp³-hybridized carbons (Fsp3) is 0.100. The Morgan fingerprint density at radius 3 is 2.33 bits per heavy atom. The first-order valence-corrected chi connectivity index (χ1v) is 5.48. The Kier molecular flexibility index (Phi) is 3.49. The van der Waals surface area contributed by atoms with Gasteiger partial charge in [0.1, 0.15) is 0 Å².